The molecular weight excluding hydrogens is 374 g/mol. The Bertz CT molecular complexity index is 1080. The number of nitrogens with two attached hydrogens (primary N) is 1. The number of H-pyrrole nitrogens is 1. The number of thioether (sulfide) groups is 2. The van der Waals surface area contributed by atoms with Crippen LogP contribution >= 0.6 is 23.5 Å². The maximum atomic E-state index is 5.90. The lowest BCUT2D eigenvalue weighted by atomic mass is 10.0. The fourth-order valence-electron chi connectivity index (χ4n) is 2.91. The smallest absolute Gasteiger partial charge is 0.191 e. The van der Waals surface area contributed by atoms with Crippen molar-refractivity contribution in [2.75, 3.05) is 12.0 Å². The van der Waals surface area contributed by atoms with Crippen molar-refractivity contribution < 1.29 is 0 Å². The lowest BCUT2D eigenvalue weighted by Gasteiger charge is -2.11. The zero-order chi connectivity index (χ0) is 18.8. The molecular formula is C20H19N5S2. The zero-order valence-corrected chi connectivity index (χ0v) is 16.6. The van der Waals surface area contributed by atoms with Gasteiger partial charge in [0.2, 0.25) is 0 Å². The normalized spacial score (nSPS) is 12.4. The number of anilines is 1. The summed E-state index contributed by atoms with van der Waals surface area (Å²) >= 11 is 3.12. The Labute approximate surface area is 166 Å². The van der Waals surface area contributed by atoms with E-state index in [-0.39, 0.29) is 5.25 Å². The van der Waals surface area contributed by atoms with Gasteiger partial charge in [-0.1, -0.05) is 42.1 Å². The average Bonchev–Trinajstić information content (AvgIpc) is 3.11. The van der Waals surface area contributed by atoms with Crippen LogP contribution in [0, 0.1) is 0 Å². The van der Waals surface area contributed by atoms with E-state index >= 15 is 0 Å². The van der Waals surface area contributed by atoms with Crippen LogP contribution in [0.2, 0.25) is 0 Å². The van der Waals surface area contributed by atoms with Gasteiger partial charge in [-0.05, 0) is 24.8 Å². The predicted molar refractivity (Wildman–Crippen MR) is 114 cm³/mol. The fraction of sp³-hybridized carbons (Fsp3) is 0.150. The molecule has 1 unspecified atom stereocenters. The summed E-state index contributed by atoms with van der Waals surface area (Å²) in [6.45, 7) is 2.11. The Morgan fingerprint density at radius 2 is 1.93 bits per heavy atom. The molecule has 3 heterocycles. The molecule has 4 rings (SSSR count). The largest absolute Gasteiger partial charge is 0.384 e. The second kappa shape index (κ2) is 7.62. The van der Waals surface area contributed by atoms with Crippen molar-refractivity contribution in [3.05, 3.63) is 60.6 Å². The summed E-state index contributed by atoms with van der Waals surface area (Å²) in [7, 11) is 0. The van der Waals surface area contributed by atoms with Crippen LogP contribution in [-0.2, 0) is 0 Å². The molecule has 5 nitrogen and oxygen atoms in total. The Kier molecular flexibility index (Phi) is 5.05. The number of nitrogens with zero attached hydrogens (tertiary/aromatic N) is 3. The van der Waals surface area contributed by atoms with E-state index in [1.807, 2.05) is 24.7 Å². The van der Waals surface area contributed by atoms with Gasteiger partial charge in [0, 0.05) is 23.2 Å². The molecule has 27 heavy (non-hydrogen) atoms. The zero-order valence-electron chi connectivity index (χ0n) is 15.0. The quantitative estimate of drug-likeness (QED) is 0.276. The van der Waals surface area contributed by atoms with E-state index in [4.69, 9.17) is 5.73 Å². The molecule has 0 saturated heterocycles. The summed E-state index contributed by atoms with van der Waals surface area (Å²) in [5.74, 6) is 0.490. The summed E-state index contributed by atoms with van der Waals surface area (Å²) in [4.78, 5) is 16.8. The van der Waals surface area contributed by atoms with Crippen molar-refractivity contribution in [3.63, 3.8) is 0 Å². The van der Waals surface area contributed by atoms with Crippen molar-refractivity contribution in [1.29, 1.82) is 0 Å². The molecule has 0 radical (unpaired) electrons. The summed E-state index contributed by atoms with van der Waals surface area (Å²) in [6, 6.07) is 14.3. The minimum atomic E-state index is 0.101. The van der Waals surface area contributed by atoms with Crippen LogP contribution in [0.5, 0.6) is 0 Å². The number of aromatic amines is 1. The van der Waals surface area contributed by atoms with E-state index in [2.05, 4.69) is 57.2 Å². The number of nitrogen functional groups attached to an aromatic ring is 1. The topological polar surface area (TPSA) is 80.5 Å². The van der Waals surface area contributed by atoms with Gasteiger partial charge < -0.3 is 10.7 Å². The molecule has 0 aliphatic heterocycles. The Morgan fingerprint density at radius 1 is 1.11 bits per heavy atom. The molecule has 0 saturated carbocycles. The second-order valence-corrected chi connectivity index (χ2v) is 8.24. The van der Waals surface area contributed by atoms with E-state index in [0.717, 1.165) is 21.6 Å². The third-order valence-electron chi connectivity index (χ3n) is 4.28. The molecule has 7 heteroatoms. The molecule has 0 aliphatic rings. The minimum Gasteiger partial charge on any atom is -0.384 e. The van der Waals surface area contributed by atoms with Gasteiger partial charge in [0.1, 0.15) is 10.8 Å². The van der Waals surface area contributed by atoms with Gasteiger partial charge in [0.25, 0.3) is 0 Å². The maximum Gasteiger partial charge on any atom is 0.191 e. The van der Waals surface area contributed by atoms with Gasteiger partial charge in [0.05, 0.1) is 22.7 Å². The van der Waals surface area contributed by atoms with E-state index in [1.165, 1.54) is 11.1 Å². The van der Waals surface area contributed by atoms with Crippen LogP contribution in [0.1, 0.15) is 17.9 Å². The number of rotatable bonds is 5. The highest BCUT2D eigenvalue weighted by Gasteiger charge is 2.15. The highest BCUT2D eigenvalue weighted by Crippen LogP contribution is 2.36. The van der Waals surface area contributed by atoms with Crippen molar-refractivity contribution in [2.45, 2.75) is 22.4 Å². The number of hydrogen-bond donors (Lipinski definition) is 2. The number of nitrogens with one attached hydrogen (secondary N) is 1. The first kappa shape index (κ1) is 17.9. The van der Waals surface area contributed by atoms with E-state index in [9.17, 15) is 0 Å². The van der Waals surface area contributed by atoms with Crippen molar-refractivity contribution in [1.82, 2.24) is 19.9 Å². The molecule has 0 spiro atoms. The van der Waals surface area contributed by atoms with Gasteiger partial charge in [-0.15, -0.1) is 11.8 Å². The number of aromatic nitrogens is 4. The van der Waals surface area contributed by atoms with Crippen LogP contribution in [0.15, 0.2) is 65.0 Å². The van der Waals surface area contributed by atoms with Crippen molar-refractivity contribution >= 4 is 40.2 Å². The highest BCUT2D eigenvalue weighted by molar-refractivity contribution is 7.99. The van der Waals surface area contributed by atoms with Crippen molar-refractivity contribution in [3.8, 4) is 11.1 Å². The van der Waals surface area contributed by atoms with E-state index in [0.29, 0.717) is 11.0 Å². The molecule has 1 aromatic carbocycles. The molecule has 136 valence electrons. The molecule has 1 atom stereocenters. The highest BCUT2D eigenvalue weighted by atomic mass is 32.2. The van der Waals surface area contributed by atoms with E-state index in [1.54, 1.807) is 29.6 Å². The summed E-state index contributed by atoms with van der Waals surface area (Å²) in [5.41, 5.74) is 10.3. The lowest BCUT2D eigenvalue weighted by Crippen LogP contribution is -1.99. The maximum absolute atomic E-state index is 5.90. The monoisotopic (exact) mass is 393 g/mol. The van der Waals surface area contributed by atoms with Gasteiger partial charge in [-0.25, -0.2) is 9.97 Å². The third-order valence-corrected chi connectivity index (χ3v) is 5.90. The second-order valence-electron chi connectivity index (χ2n) is 6.10. The first-order valence-electron chi connectivity index (χ1n) is 8.51. The molecule has 0 fully saturated rings. The molecule has 0 amide bonds. The lowest BCUT2D eigenvalue weighted by molar-refractivity contribution is 0.888. The number of benzene rings is 1. The average molecular weight is 394 g/mol. The van der Waals surface area contributed by atoms with Gasteiger partial charge in [-0.2, -0.15) is 0 Å². The number of hydrogen-bond acceptors (Lipinski definition) is 6. The van der Waals surface area contributed by atoms with Gasteiger partial charge >= 0.3 is 0 Å². The SMILES string of the molecule is CSc1cc(N)nc(SC(C)c2cc3c(-c4ccccc4)c[nH]c3cn2)n1. The van der Waals surface area contributed by atoms with Crippen molar-refractivity contribution in [2.24, 2.45) is 0 Å². The van der Waals surface area contributed by atoms with E-state index < -0.39 is 0 Å². The fourth-order valence-corrected chi connectivity index (χ4v) is 4.26. The first-order chi connectivity index (χ1) is 13.1. The van der Waals surface area contributed by atoms with Gasteiger partial charge in [-0.3, -0.25) is 4.98 Å². The Morgan fingerprint density at radius 3 is 2.70 bits per heavy atom. The summed E-state index contributed by atoms with van der Waals surface area (Å²) < 4.78 is 0. The van der Waals surface area contributed by atoms with Crippen LogP contribution in [-0.4, -0.2) is 26.2 Å². The van der Waals surface area contributed by atoms with Crippen LogP contribution in [0.3, 0.4) is 0 Å². The first-order valence-corrected chi connectivity index (χ1v) is 10.6. The molecule has 0 aliphatic carbocycles. The van der Waals surface area contributed by atoms with Crippen LogP contribution in [0.25, 0.3) is 22.0 Å². The van der Waals surface area contributed by atoms with Gasteiger partial charge in [0.15, 0.2) is 5.16 Å². The predicted octanol–water partition coefficient (Wildman–Crippen LogP) is 5.18. The third kappa shape index (κ3) is 3.79. The summed E-state index contributed by atoms with van der Waals surface area (Å²) in [5, 5.41) is 2.81. The number of pyridine rings is 1. The molecule has 4 aromatic rings. The molecule has 3 aromatic heterocycles. The molecule has 0 bridgehead atoms. The number of fused-ring (bicyclic) bond motifs is 1. The Hall–Kier alpha value is -2.51. The van der Waals surface area contributed by atoms with Crippen LogP contribution in [0.4, 0.5) is 5.82 Å². The summed E-state index contributed by atoms with van der Waals surface area (Å²) in [6.07, 6.45) is 5.91. The Balaban J connectivity index is 1.66. The molecule has 3 N–H and O–H groups in total. The minimum absolute atomic E-state index is 0.101. The van der Waals surface area contributed by atoms with Crippen LogP contribution < -0.4 is 5.73 Å². The standard InChI is InChI=1S/C20H19N5S2/c1-12(27-20-24-18(21)9-19(25-20)26-2)16-8-14-15(10-22-17(14)11-23-16)13-6-4-3-5-7-13/h3-12,22H,1-2H3,(H2,21,24,25).